The van der Waals surface area contributed by atoms with Gasteiger partial charge in [-0.15, -0.1) is 0 Å². The third kappa shape index (κ3) is 2.72. The van der Waals surface area contributed by atoms with E-state index < -0.39 is 0 Å². The normalized spacial score (nSPS) is 19.8. The number of hydrogen-bond donors (Lipinski definition) is 2. The van der Waals surface area contributed by atoms with E-state index in [4.69, 9.17) is 5.73 Å². The van der Waals surface area contributed by atoms with Gasteiger partial charge in [0.1, 0.15) is 5.75 Å². The van der Waals surface area contributed by atoms with Crippen LogP contribution in [-0.2, 0) is 0 Å². The number of rotatable bonds is 2. The lowest BCUT2D eigenvalue weighted by Gasteiger charge is -2.32. The van der Waals surface area contributed by atoms with Crippen LogP contribution in [0.15, 0.2) is 18.2 Å². The van der Waals surface area contributed by atoms with Crippen LogP contribution in [0.25, 0.3) is 0 Å². The summed E-state index contributed by atoms with van der Waals surface area (Å²) >= 11 is 1.92. The SMILES string of the molecule is CCC1CN(C(=O)c2ccc(N)c(O)c2)CCS1. The van der Waals surface area contributed by atoms with Crippen molar-refractivity contribution in [2.24, 2.45) is 0 Å². The van der Waals surface area contributed by atoms with Crippen LogP contribution in [0.3, 0.4) is 0 Å². The Morgan fingerprint density at radius 2 is 2.39 bits per heavy atom. The third-order valence-electron chi connectivity index (χ3n) is 3.16. The number of carbonyl (C=O) groups is 1. The smallest absolute Gasteiger partial charge is 0.254 e. The van der Waals surface area contributed by atoms with Gasteiger partial charge in [-0.25, -0.2) is 0 Å². The third-order valence-corrected chi connectivity index (χ3v) is 4.53. The topological polar surface area (TPSA) is 66.6 Å². The monoisotopic (exact) mass is 266 g/mol. The Morgan fingerprint density at radius 1 is 1.61 bits per heavy atom. The molecular formula is C13H18N2O2S. The van der Waals surface area contributed by atoms with Crippen molar-refractivity contribution >= 4 is 23.4 Å². The molecule has 1 heterocycles. The van der Waals surface area contributed by atoms with Crippen molar-refractivity contribution in [1.29, 1.82) is 0 Å². The van der Waals surface area contributed by atoms with Crippen LogP contribution in [0.5, 0.6) is 5.75 Å². The molecule has 1 aliphatic heterocycles. The fourth-order valence-corrected chi connectivity index (χ4v) is 3.19. The first kappa shape index (κ1) is 13.1. The quantitative estimate of drug-likeness (QED) is 0.634. The lowest BCUT2D eigenvalue weighted by Crippen LogP contribution is -2.41. The molecule has 18 heavy (non-hydrogen) atoms. The first-order valence-corrected chi connectivity index (χ1v) is 7.16. The predicted molar refractivity (Wildman–Crippen MR) is 75.0 cm³/mol. The Bertz CT molecular complexity index is 451. The largest absolute Gasteiger partial charge is 0.506 e. The highest BCUT2D eigenvalue weighted by Crippen LogP contribution is 2.25. The number of nitrogens with two attached hydrogens (primary N) is 1. The first-order valence-electron chi connectivity index (χ1n) is 6.11. The zero-order chi connectivity index (χ0) is 13.1. The maximum Gasteiger partial charge on any atom is 0.254 e. The van der Waals surface area contributed by atoms with E-state index in [9.17, 15) is 9.90 Å². The minimum atomic E-state index is -0.0284. The van der Waals surface area contributed by atoms with E-state index in [1.165, 1.54) is 6.07 Å². The summed E-state index contributed by atoms with van der Waals surface area (Å²) in [5, 5.41) is 10.1. The Balaban J connectivity index is 2.12. The number of carbonyl (C=O) groups excluding carboxylic acids is 1. The first-order chi connectivity index (χ1) is 8.61. The predicted octanol–water partition coefficient (Wildman–Crippen LogP) is 1.94. The molecule has 98 valence electrons. The van der Waals surface area contributed by atoms with Gasteiger partial charge < -0.3 is 15.7 Å². The van der Waals surface area contributed by atoms with Gasteiger partial charge in [0.05, 0.1) is 5.69 Å². The number of thioether (sulfide) groups is 1. The minimum Gasteiger partial charge on any atom is -0.506 e. The average molecular weight is 266 g/mol. The number of hydrogen-bond acceptors (Lipinski definition) is 4. The number of anilines is 1. The maximum atomic E-state index is 12.3. The zero-order valence-electron chi connectivity index (χ0n) is 10.4. The summed E-state index contributed by atoms with van der Waals surface area (Å²) in [6.07, 6.45) is 1.07. The van der Waals surface area contributed by atoms with Gasteiger partial charge >= 0.3 is 0 Å². The fourth-order valence-electron chi connectivity index (χ4n) is 2.01. The molecule has 3 N–H and O–H groups in total. The molecule has 0 aromatic heterocycles. The molecule has 5 heteroatoms. The highest BCUT2D eigenvalue weighted by atomic mass is 32.2. The van der Waals surface area contributed by atoms with E-state index in [-0.39, 0.29) is 11.7 Å². The highest BCUT2D eigenvalue weighted by Gasteiger charge is 2.24. The highest BCUT2D eigenvalue weighted by molar-refractivity contribution is 8.00. The zero-order valence-corrected chi connectivity index (χ0v) is 11.2. The number of phenols is 1. The van der Waals surface area contributed by atoms with Crippen molar-refractivity contribution < 1.29 is 9.90 Å². The van der Waals surface area contributed by atoms with Crippen LogP contribution in [0, 0.1) is 0 Å². The van der Waals surface area contributed by atoms with E-state index in [0.29, 0.717) is 16.5 Å². The van der Waals surface area contributed by atoms with Crippen LogP contribution >= 0.6 is 11.8 Å². The van der Waals surface area contributed by atoms with Gasteiger partial charge in [-0.05, 0) is 24.6 Å². The molecule has 1 atom stereocenters. The summed E-state index contributed by atoms with van der Waals surface area (Å²) < 4.78 is 0. The average Bonchev–Trinajstić information content (AvgIpc) is 2.41. The molecule has 1 unspecified atom stereocenters. The lowest BCUT2D eigenvalue weighted by molar-refractivity contribution is 0.0760. The minimum absolute atomic E-state index is 0.0240. The summed E-state index contributed by atoms with van der Waals surface area (Å²) in [5.41, 5.74) is 6.33. The number of nitrogen functional groups attached to an aromatic ring is 1. The van der Waals surface area contributed by atoms with E-state index in [1.54, 1.807) is 12.1 Å². The lowest BCUT2D eigenvalue weighted by atomic mass is 10.1. The molecular weight excluding hydrogens is 248 g/mol. The number of aromatic hydroxyl groups is 1. The molecule has 1 aliphatic rings. The Morgan fingerprint density at radius 3 is 3.06 bits per heavy atom. The molecule has 0 aliphatic carbocycles. The molecule has 1 saturated heterocycles. The number of phenolic OH excluding ortho intramolecular Hbond substituents is 1. The molecule has 0 radical (unpaired) electrons. The number of amides is 1. The van der Waals surface area contributed by atoms with Gasteiger partial charge in [0.2, 0.25) is 0 Å². The van der Waals surface area contributed by atoms with Crippen molar-refractivity contribution in [3.63, 3.8) is 0 Å². The molecule has 1 aromatic rings. The van der Waals surface area contributed by atoms with E-state index in [1.807, 2.05) is 16.7 Å². The standard InChI is InChI=1S/C13H18N2O2S/c1-2-10-8-15(5-6-18-10)13(17)9-3-4-11(14)12(16)7-9/h3-4,7,10,16H,2,5-6,8,14H2,1H3. The van der Waals surface area contributed by atoms with E-state index in [2.05, 4.69) is 6.92 Å². The van der Waals surface area contributed by atoms with E-state index in [0.717, 1.165) is 25.3 Å². The number of nitrogens with zero attached hydrogens (tertiary/aromatic N) is 1. The van der Waals surface area contributed by atoms with Crippen molar-refractivity contribution in [1.82, 2.24) is 4.90 Å². The van der Waals surface area contributed by atoms with Gasteiger partial charge in [0.15, 0.2) is 0 Å². The Kier molecular flexibility index (Phi) is 4.01. The van der Waals surface area contributed by atoms with Gasteiger partial charge in [0, 0.05) is 29.7 Å². The summed E-state index contributed by atoms with van der Waals surface area (Å²) in [7, 11) is 0. The molecule has 1 fully saturated rings. The second-order valence-corrected chi connectivity index (χ2v) is 5.83. The fraction of sp³-hybridized carbons (Fsp3) is 0.462. The summed E-state index contributed by atoms with van der Waals surface area (Å²) in [5.74, 6) is 0.925. The molecule has 1 amide bonds. The summed E-state index contributed by atoms with van der Waals surface area (Å²) in [6, 6.07) is 4.68. The van der Waals surface area contributed by atoms with Crippen LogP contribution in [0.1, 0.15) is 23.7 Å². The summed E-state index contributed by atoms with van der Waals surface area (Å²) in [4.78, 5) is 14.1. The van der Waals surface area contributed by atoms with Crippen LogP contribution in [0.2, 0.25) is 0 Å². The van der Waals surface area contributed by atoms with Crippen LogP contribution in [0.4, 0.5) is 5.69 Å². The van der Waals surface area contributed by atoms with Gasteiger partial charge in [-0.3, -0.25) is 4.79 Å². The Hall–Kier alpha value is -1.36. The van der Waals surface area contributed by atoms with Crippen molar-refractivity contribution in [3.8, 4) is 5.75 Å². The van der Waals surface area contributed by atoms with Crippen LogP contribution < -0.4 is 5.73 Å². The summed E-state index contributed by atoms with van der Waals surface area (Å²) in [6.45, 7) is 3.69. The van der Waals surface area contributed by atoms with Crippen molar-refractivity contribution in [2.75, 3.05) is 24.6 Å². The molecule has 2 rings (SSSR count). The molecule has 0 bridgehead atoms. The maximum absolute atomic E-state index is 12.3. The van der Waals surface area contributed by atoms with Gasteiger partial charge in [-0.1, -0.05) is 6.92 Å². The Labute approximate surface area is 111 Å². The van der Waals surface area contributed by atoms with Crippen LogP contribution in [-0.4, -0.2) is 40.0 Å². The molecule has 1 aromatic carbocycles. The molecule has 0 spiro atoms. The molecule has 4 nitrogen and oxygen atoms in total. The second kappa shape index (κ2) is 5.52. The second-order valence-electron chi connectivity index (χ2n) is 4.43. The number of benzene rings is 1. The van der Waals surface area contributed by atoms with Crippen molar-refractivity contribution in [2.45, 2.75) is 18.6 Å². The van der Waals surface area contributed by atoms with E-state index >= 15 is 0 Å². The molecule has 0 saturated carbocycles. The van der Waals surface area contributed by atoms with Crippen molar-refractivity contribution in [3.05, 3.63) is 23.8 Å². The van der Waals surface area contributed by atoms with Gasteiger partial charge in [-0.2, -0.15) is 11.8 Å². The van der Waals surface area contributed by atoms with Gasteiger partial charge in [0.25, 0.3) is 5.91 Å².